The van der Waals surface area contributed by atoms with E-state index in [1.165, 1.54) is 59.2 Å². The largest absolute Gasteiger partial charge is 0.468 e. The van der Waals surface area contributed by atoms with Crippen molar-refractivity contribution in [2.75, 3.05) is 20.2 Å². The number of carbonyl (C=O) groups is 2. The smallest absolute Gasteiger partial charge is 0.325 e. The summed E-state index contributed by atoms with van der Waals surface area (Å²) >= 11 is 1.29. The van der Waals surface area contributed by atoms with Crippen molar-refractivity contribution in [1.82, 2.24) is 8.87 Å². The van der Waals surface area contributed by atoms with Gasteiger partial charge in [-0.25, -0.2) is 8.42 Å². The summed E-state index contributed by atoms with van der Waals surface area (Å²) in [5.41, 5.74) is 3.13. The van der Waals surface area contributed by atoms with Gasteiger partial charge in [0, 0.05) is 18.7 Å². The molecule has 0 aliphatic rings. The maximum Gasteiger partial charge on any atom is 0.325 e. The van der Waals surface area contributed by atoms with Gasteiger partial charge in [0.15, 0.2) is 4.80 Å². The molecule has 0 N–H and O–H groups in total. The van der Waals surface area contributed by atoms with Gasteiger partial charge in [0.05, 0.1) is 22.2 Å². The van der Waals surface area contributed by atoms with Crippen molar-refractivity contribution in [3.8, 4) is 0 Å². The molecule has 3 aromatic rings. The van der Waals surface area contributed by atoms with Crippen molar-refractivity contribution in [3.63, 3.8) is 0 Å². The Morgan fingerprint density at radius 1 is 1.09 bits per heavy atom. The predicted octanol–water partition coefficient (Wildman–Crippen LogP) is 3.60. The molecule has 0 fully saturated rings. The number of carbonyl (C=O) groups excluding carboxylic acids is 2. The SMILES string of the molecule is C=CCN(CC=C)S(=O)(=O)c1ccc(C(=O)N=c2sc3cc(C)c(C)cc3n2CC(=O)OC)cc1. The number of fused-ring (bicyclic) bond motifs is 1. The zero-order valence-corrected chi connectivity index (χ0v) is 21.5. The molecule has 0 saturated carbocycles. The van der Waals surface area contributed by atoms with Crippen LogP contribution in [0.2, 0.25) is 0 Å². The van der Waals surface area contributed by atoms with E-state index in [2.05, 4.69) is 18.2 Å². The zero-order chi connectivity index (χ0) is 25.8. The second-order valence-electron chi connectivity index (χ2n) is 7.79. The summed E-state index contributed by atoms with van der Waals surface area (Å²) in [6.07, 6.45) is 2.99. The van der Waals surface area contributed by atoms with Crippen LogP contribution in [-0.4, -0.2) is 49.4 Å². The van der Waals surface area contributed by atoms with E-state index in [-0.39, 0.29) is 30.1 Å². The normalized spacial score (nSPS) is 12.2. The average Bonchev–Trinajstić information content (AvgIpc) is 3.14. The minimum absolute atomic E-state index is 0.0475. The lowest BCUT2D eigenvalue weighted by Gasteiger charge is -2.19. The molecule has 0 atom stereocenters. The highest BCUT2D eigenvalue weighted by molar-refractivity contribution is 7.89. The Kier molecular flexibility index (Phi) is 8.21. The van der Waals surface area contributed by atoms with Gasteiger partial charge in [0.25, 0.3) is 5.91 Å². The molecule has 0 unspecified atom stereocenters. The van der Waals surface area contributed by atoms with Gasteiger partial charge in [0.1, 0.15) is 6.54 Å². The Bertz CT molecular complexity index is 1460. The van der Waals surface area contributed by atoms with Gasteiger partial charge in [-0.2, -0.15) is 9.30 Å². The second kappa shape index (κ2) is 10.9. The Balaban J connectivity index is 2.02. The maximum atomic E-state index is 13.0. The van der Waals surface area contributed by atoms with Crippen LogP contribution in [0.4, 0.5) is 0 Å². The Labute approximate surface area is 208 Å². The molecule has 8 nitrogen and oxygen atoms in total. The van der Waals surface area contributed by atoms with Gasteiger partial charge in [-0.15, -0.1) is 13.2 Å². The summed E-state index contributed by atoms with van der Waals surface area (Å²) in [6, 6.07) is 9.53. The number of hydrogen-bond donors (Lipinski definition) is 0. The van der Waals surface area contributed by atoms with Crippen LogP contribution in [-0.2, 0) is 26.1 Å². The van der Waals surface area contributed by atoms with Gasteiger partial charge in [-0.3, -0.25) is 9.59 Å². The fourth-order valence-corrected chi connectivity index (χ4v) is 5.87. The quantitative estimate of drug-likeness (QED) is 0.322. The first-order valence-corrected chi connectivity index (χ1v) is 13.0. The van der Waals surface area contributed by atoms with Gasteiger partial charge < -0.3 is 9.30 Å². The summed E-state index contributed by atoms with van der Waals surface area (Å²) < 4.78 is 34.4. The number of aryl methyl sites for hydroxylation is 2. The zero-order valence-electron chi connectivity index (χ0n) is 19.9. The molecule has 1 amide bonds. The van der Waals surface area contributed by atoms with Crippen molar-refractivity contribution in [2.45, 2.75) is 25.3 Å². The maximum absolute atomic E-state index is 13.0. The first-order chi connectivity index (χ1) is 16.6. The lowest BCUT2D eigenvalue weighted by molar-refractivity contribution is -0.141. The van der Waals surface area contributed by atoms with Crippen LogP contribution in [0, 0.1) is 13.8 Å². The lowest BCUT2D eigenvalue weighted by atomic mass is 10.1. The highest BCUT2D eigenvalue weighted by Crippen LogP contribution is 2.22. The van der Waals surface area contributed by atoms with Crippen molar-refractivity contribution in [3.05, 3.63) is 83.2 Å². The van der Waals surface area contributed by atoms with E-state index >= 15 is 0 Å². The number of esters is 1. The summed E-state index contributed by atoms with van der Waals surface area (Å²) in [5, 5.41) is 0. The molecule has 10 heteroatoms. The van der Waals surface area contributed by atoms with Crippen LogP contribution in [0.5, 0.6) is 0 Å². The Morgan fingerprint density at radius 3 is 2.26 bits per heavy atom. The molecule has 1 heterocycles. The van der Waals surface area contributed by atoms with Crippen molar-refractivity contribution < 1.29 is 22.7 Å². The number of rotatable bonds is 9. The molecule has 1 aromatic heterocycles. The number of benzene rings is 2. The highest BCUT2D eigenvalue weighted by atomic mass is 32.2. The summed E-state index contributed by atoms with van der Waals surface area (Å²) in [5.74, 6) is -1.02. The fourth-order valence-electron chi connectivity index (χ4n) is 3.38. The summed E-state index contributed by atoms with van der Waals surface area (Å²) in [4.78, 5) is 29.6. The highest BCUT2D eigenvalue weighted by Gasteiger charge is 2.22. The van der Waals surface area contributed by atoms with E-state index < -0.39 is 21.9 Å². The van der Waals surface area contributed by atoms with Crippen LogP contribution in [0.25, 0.3) is 10.2 Å². The molecule has 0 aliphatic heterocycles. The van der Waals surface area contributed by atoms with Crippen LogP contribution in [0.1, 0.15) is 21.5 Å². The molecule has 184 valence electrons. The first kappa shape index (κ1) is 26.3. The van der Waals surface area contributed by atoms with Crippen LogP contribution in [0.15, 0.2) is 71.6 Å². The lowest BCUT2D eigenvalue weighted by Crippen LogP contribution is -2.31. The monoisotopic (exact) mass is 513 g/mol. The van der Waals surface area contributed by atoms with Crippen molar-refractivity contribution in [1.29, 1.82) is 0 Å². The summed E-state index contributed by atoms with van der Waals surface area (Å²) in [6.45, 7) is 11.3. The van der Waals surface area contributed by atoms with Crippen LogP contribution < -0.4 is 4.80 Å². The van der Waals surface area contributed by atoms with E-state index in [4.69, 9.17) is 4.74 Å². The molecule has 0 saturated heterocycles. The third-order valence-electron chi connectivity index (χ3n) is 5.41. The molecule has 0 radical (unpaired) electrons. The van der Waals surface area contributed by atoms with Crippen molar-refractivity contribution in [2.24, 2.45) is 4.99 Å². The molecular weight excluding hydrogens is 486 g/mol. The van der Waals surface area contributed by atoms with E-state index in [9.17, 15) is 18.0 Å². The number of sulfonamides is 1. The van der Waals surface area contributed by atoms with Crippen molar-refractivity contribution >= 4 is 43.5 Å². The Morgan fingerprint density at radius 2 is 1.69 bits per heavy atom. The van der Waals surface area contributed by atoms with E-state index in [0.717, 1.165) is 21.3 Å². The number of ether oxygens (including phenoxy) is 1. The number of thiazole rings is 1. The summed E-state index contributed by atoms with van der Waals surface area (Å²) in [7, 11) is -2.48. The van der Waals surface area contributed by atoms with Gasteiger partial charge in [-0.1, -0.05) is 23.5 Å². The minimum Gasteiger partial charge on any atom is -0.468 e. The van der Waals surface area contributed by atoms with E-state index in [1.54, 1.807) is 4.57 Å². The molecule has 0 aliphatic carbocycles. The topological polar surface area (TPSA) is 98.0 Å². The van der Waals surface area contributed by atoms with Crippen LogP contribution >= 0.6 is 11.3 Å². The third-order valence-corrected chi connectivity index (χ3v) is 8.30. The molecule has 2 aromatic carbocycles. The molecular formula is C25H27N3O5S2. The van der Waals surface area contributed by atoms with Gasteiger partial charge in [0.2, 0.25) is 10.0 Å². The predicted molar refractivity (Wildman–Crippen MR) is 137 cm³/mol. The molecule has 0 bridgehead atoms. The number of hydrogen-bond acceptors (Lipinski definition) is 6. The molecule has 3 rings (SSSR count). The Hall–Kier alpha value is -3.34. The van der Waals surface area contributed by atoms with E-state index in [1.807, 2.05) is 26.0 Å². The fraction of sp³-hybridized carbons (Fsp3) is 0.240. The van der Waals surface area contributed by atoms with Gasteiger partial charge in [-0.05, 0) is 61.4 Å². The number of methoxy groups -OCH3 is 1. The van der Waals surface area contributed by atoms with E-state index in [0.29, 0.717) is 4.80 Å². The van der Waals surface area contributed by atoms with Gasteiger partial charge >= 0.3 is 5.97 Å². The van der Waals surface area contributed by atoms with Crippen LogP contribution in [0.3, 0.4) is 0 Å². The standard InChI is InChI=1S/C25H27N3O5S2/c1-6-12-27(13-7-2)35(31,32)20-10-8-19(9-11-20)24(30)26-25-28(16-23(29)33-5)21-14-17(3)18(4)15-22(21)34-25/h6-11,14-15H,1-2,12-13,16H2,3-5H3. The third kappa shape index (κ3) is 5.67. The first-order valence-electron chi connectivity index (χ1n) is 10.7. The number of aromatic nitrogens is 1. The minimum atomic E-state index is -3.78. The second-order valence-corrected chi connectivity index (χ2v) is 10.7. The average molecular weight is 514 g/mol. The molecule has 0 spiro atoms. The number of nitrogens with zero attached hydrogens (tertiary/aromatic N) is 3. The molecule has 35 heavy (non-hydrogen) atoms. The number of amides is 1.